The van der Waals surface area contributed by atoms with Gasteiger partial charge in [0, 0.05) is 25.2 Å². The van der Waals surface area contributed by atoms with Crippen LogP contribution in [0.1, 0.15) is 11.3 Å². The Morgan fingerprint density at radius 3 is 3.08 bits per heavy atom. The summed E-state index contributed by atoms with van der Waals surface area (Å²) < 4.78 is 0. The molecular weight excluding hydrogens is 195 g/mol. The SMILES string of the molecule is Clc1cc2c(nc1Cl)CCNC2. The van der Waals surface area contributed by atoms with Gasteiger partial charge < -0.3 is 5.32 Å². The highest BCUT2D eigenvalue weighted by molar-refractivity contribution is 6.41. The molecule has 2 heterocycles. The maximum Gasteiger partial charge on any atom is 0.147 e. The van der Waals surface area contributed by atoms with Crippen LogP contribution in [-0.4, -0.2) is 11.5 Å². The zero-order chi connectivity index (χ0) is 8.55. The van der Waals surface area contributed by atoms with Crippen molar-refractivity contribution in [3.8, 4) is 0 Å². The summed E-state index contributed by atoms with van der Waals surface area (Å²) in [6, 6.07) is 1.89. The summed E-state index contributed by atoms with van der Waals surface area (Å²) in [4.78, 5) is 4.21. The Labute approximate surface area is 80.9 Å². The third-order valence-corrected chi connectivity index (χ3v) is 2.63. The minimum Gasteiger partial charge on any atom is -0.312 e. The second-order valence-corrected chi connectivity index (χ2v) is 3.56. The predicted octanol–water partition coefficient (Wildman–Crippen LogP) is 2.03. The van der Waals surface area contributed by atoms with E-state index in [1.54, 1.807) is 0 Å². The van der Waals surface area contributed by atoms with Crippen LogP contribution < -0.4 is 5.32 Å². The molecule has 0 radical (unpaired) electrons. The fraction of sp³-hybridized carbons (Fsp3) is 0.375. The second-order valence-electron chi connectivity index (χ2n) is 2.79. The second kappa shape index (κ2) is 3.21. The molecule has 1 aliphatic heterocycles. The van der Waals surface area contributed by atoms with Crippen molar-refractivity contribution in [1.82, 2.24) is 10.3 Å². The first-order valence-corrected chi connectivity index (χ1v) is 4.57. The number of hydrogen-bond acceptors (Lipinski definition) is 2. The lowest BCUT2D eigenvalue weighted by molar-refractivity contribution is 0.630. The average Bonchev–Trinajstić information content (AvgIpc) is 2.07. The van der Waals surface area contributed by atoms with Crippen LogP contribution in [0.5, 0.6) is 0 Å². The van der Waals surface area contributed by atoms with Gasteiger partial charge in [0.2, 0.25) is 0 Å². The van der Waals surface area contributed by atoms with Gasteiger partial charge in [-0.15, -0.1) is 0 Å². The van der Waals surface area contributed by atoms with Gasteiger partial charge in [0.05, 0.1) is 5.02 Å². The molecule has 4 heteroatoms. The van der Waals surface area contributed by atoms with Crippen LogP contribution >= 0.6 is 23.2 Å². The number of hydrogen-bond donors (Lipinski definition) is 1. The molecule has 2 nitrogen and oxygen atoms in total. The number of halogens is 2. The molecule has 1 N–H and O–H groups in total. The number of nitrogens with zero attached hydrogens (tertiary/aromatic N) is 1. The molecule has 64 valence electrons. The molecule has 2 rings (SSSR count). The Morgan fingerprint density at radius 1 is 1.42 bits per heavy atom. The molecule has 0 unspecified atom stereocenters. The van der Waals surface area contributed by atoms with Gasteiger partial charge in [-0.2, -0.15) is 0 Å². The van der Waals surface area contributed by atoms with Crippen LogP contribution in [-0.2, 0) is 13.0 Å². The molecule has 0 aromatic carbocycles. The first-order chi connectivity index (χ1) is 5.77. The molecule has 0 spiro atoms. The van der Waals surface area contributed by atoms with Crippen molar-refractivity contribution in [3.63, 3.8) is 0 Å². The van der Waals surface area contributed by atoms with Crippen LogP contribution in [0.3, 0.4) is 0 Å². The van der Waals surface area contributed by atoms with Crippen LogP contribution in [0.25, 0.3) is 0 Å². The first kappa shape index (κ1) is 8.30. The van der Waals surface area contributed by atoms with Gasteiger partial charge in [0.25, 0.3) is 0 Å². The summed E-state index contributed by atoms with van der Waals surface area (Å²) in [6.45, 7) is 1.82. The van der Waals surface area contributed by atoms with Crippen LogP contribution in [0.15, 0.2) is 6.07 Å². The number of pyridine rings is 1. The van der Waals surface area contributed by atoms with E-state index in [4.69, 9.17) is 23.2 Å². The third-order valence-electron chi connectivity index (χ3n) is 1.96. The minimum atomic E-state index is 0.414. The molecule has 0 bridgehead atoms. The predicted molar refractivity (Wildman–Crippen MR) is 49.7 cm³/mol. The first-order valence-electron chi connectivity index (χ1n) is 3.82. The van der Waals surface area contributed by atoms with Crippen LogP contribution in [0, 0.1) is 0 Å². The van der Waals surface area contributed by atoms with Gasteiger partial charge in [-0.1, -0.05) is 23.2 Å². The van der Waals surface area contributed by atoms with Gasteiger partial charge in [0.1, 0.15) is 5.15 Å². The Bertz CT molecular complexity index is 281. The van der Waals surface area contributed by atoms with E-state index >= 15 is 0 Å². The van der Waals surface area contributed by atoms with E-state index in [1.807, 2.05) is 6.07 Å². The van der Waals surface area contributed by atoms with E-state index < -0.39 is 0 Å². The summed E-state index contributed by atoms with van der Waals surface area (Å²) in [5.41, 5.74) is 2.24. The van der Waals surface area contributed by atoms with Crippen molar-refractivity contribution in [2.24, 2.45) is 0 Å². The average molecular weight is 203 g/mol. The highest BCUT2D eigenvalue weighted by atomic mass is 35.5. The maximum absolute atomic E-state index is 5.82. The van der Waals surface area contributed by atoms with Gasteiger partial charge in [-0.3, -0.25) is 0 Å². The van der Waals surface area contributed by atoms with Gasteiger partial charge in [0.15, 0.2) is 0 Å². The highest BCUT2D eigenvalue weighted by Crippen LogP contribution is 2.23. The summed E-state index contributed by atoms with van der Waals surface area (Å²) in [7, 11) is 0. The van der Waals surface area contributed by atoms with E-state index in [1.165, 1.54) is 0 Å². The van der Waals surface area contributed by atoms with Crippen molar-refractivity contribution in [1.29, 1.82) is 0 Å². The lowest BCUT2D eigenvalue weighted by atomic mass is 10.1. The Kier molecular flexibility index (Phi) is 2.22. The number of fused-ring (bicyclic) bond motifs is 1. The van der Waals surface area contributed by atoms with Crippen molar-refractivity contribution in [2.75, 3.05) is 6.54 Å². The summed E-state index contributed by atoms with van der Waals surface area (Å²) >= 11 is 11.6. The molecule has 0 saturated carbocycles. The molecule has 1 aliphatic rings. The Balaban J connectivity index is 2.49. The normalized spacial score (nSPS) is 15.8. The Hall–Kier alpha value is -0.310. The molecule has 1 aromatic rings. The zero-order valence-corrected chi connectivity index (χ0v) is 7.91. The fourth-order valence-electron chi connectivity index (χ4n) is 1.34. The largest absolute Gasteiger partial charge is 0.312 e. The minimum absolute atomic E-state index is 0.414. The number of rotatable bonds is 0. The van der Waals surface area contributed by atoms with Crippen LogP contribution in [0.4, 0.5) is 0 Å². The van der Waals surface area contributed by atoms with Crippen molar-refractivity contribution in [2.45, 2.75) is 13.0 Å². The lowest BCUT2D eigenvalue weighted by Crippen LogP contribution is -2.24. The van der Waals surface area contributed by atoms with Gasteiger partial charge in [-0.25, -0.2) is 4.98 Å². The molecule has 0 saturated heterocycles. The smallest absolute Gasteiger partial charge is 0.147 e. The van der Waals surface area contributed by atoms with E-state index in [-0.39, 0.29) is 0 Å². The molecule has 0 fully saturated rings. The zero-order valence-electron chi connectivity index (χ0n) is 6.40. The van der Waals surface area contributed by atoms with Crippen molar-refractivity contribution < 1.29 is 0 Å². The maximum atomic E-state index is 5.82. The standard InChI is InChI=1S/C8H8Cl2N2/c9-6-3-5-4-11-2-1-7(5)12-8(6)10/h3,11H,1-2,4H2. The van der Waals surface area contributed by atoms with E-state index in [9.17, 15) is 0 Å². The topological polar surface area (TPSA) is 24.9 Å². The molecule has 0 amide bonds. The third kappa shape index (κ3) is 1.42. The lowest BCUT2D eigenvalue weighted by Gasteiger charge is -2.16. The number of nitrogens with one attached hydrogen (secondary N) is 1. The van der Waals surface area contributed by atoms with E-state index in [0.717, 1.165) is 30.8 Å². The quantitative estimate of drug-likeness (QED) is 0.652. The monoisotopic (exact) mass is 202 g/mol. The summed E-state index contributed by atoms with van der Waals surface area (Å²) in [5, 5.41) is 4.20. The van der Waals surface area contributed by atoms with Crippen LogP contribution in [0.2, 0.25) is 10.2 Å². The molecular formula is C8H8Cl2N2. The fourth-order valence-corrected chi connectivity index (χ4v) is 1.67. The summed E-state index contributed by atoms with van der Waals surface area (Å²) in [6.07, 6.45) is 0.937. The Morgan fingerprint density at radius 2 is 2.25 bits per heavy atom. The van der Waals surface area contributed by atoms with Crippen molar-refractivity contribution in [3.05, 3.63) is 27.5 Å². The van der Waals surface area contributed by atoms with E-state index in [0.29, 0.717) is 10.2 Å². The van der Waals surface area contributed by atoms with Crippen molar-refractivity contribution >= 4 is 23.2 Å². The molecule has 0 aliphatic carbocycles. The van der Waals surface area contributed by atoms with Gasteiger partial charge in [-0.05, 0) is 11.6 Å². The molecule has 12 heavy (non-hydrogen) atoms. The molecule has 0 atom stereocenters. The van der Waals surface area contributed by atoms with Gasteiger partial charge >= 0.3 is 0 Å². The molecule has 1 aromatic heterocycles. The van der Waals surface area contributed by atoms with E-state index in [2.05, 4.69) is 10.3 Å². The highest BCUT2D eigenvalue weighted by Gasteiger charge is 2.12. The summed E-state index contributed by atoms with van der Waals surface area (Å²) in [5.74, 6) is 0. The number of aromatic nitrogens is 1.